The van der Waals surface area contributed by atoms with Gasteiger partial charge in [-0.25, -0.2) is 16.8 Å². The van der Waals surface area contributed by atoms with Crippen molar-refractivity contribution in [2.45, 2.75) is 26.5 Å². The molecule has 4 nitrogen and oxygen atoms in total. The highest BCUT2D eigenvalue weighted by Gasteiger charge is 2.19. The average molecular weight is 574 g/mol. The van der Waals surface area contributed by atoms with Crippen molar-refractivity contribution in [3.63, 3.8) is 0 Å². The number of aryl methyl sites for hydroxylation is 1. The molecule has 0 bridgehead atoms. The molecule has 0 spiro atoms. The molecule has 32 heavy (non-hydrogen) atoms. The van der Waals surface area contributed by atoms with Crippen LogP contribution in [0.3, 0.4) is 0 Å². The lowest BCUT2D eigenvalue weighted by Crippen LogP contribution is -2.02. The lowest BCUT2D eigenvalue weighted by atomic mass is 10.1. The lowest BCUT2D eigenvalue weighted by Gasteiger charge is -2.08. The summed E-state index contributed by atoms with van der Waals surface area (Å²) in [5.41, 5.74) is 2.59. The zero-order valence-corrected chi connectivity index (χ0v) is 20.9. The first kappa shape index (κ1) is 22.7. The minimum Gasteiger partial charge on any atom is -0.219 e. The normalized spacial score (nSPS) is 11.9. The van der Waals surface area contributed by atoms with E-state index in [0.29, 0.717) is 0 Å². The van der Waals surface area contributed by atoms with Crippen molar-refractivity contribution in [2.24, 2.45) is 0 Å². The first-order valence-corrected chi connectivity index (χ1v) is 13.8. The molecule has 0 radical (unpaired) electrons. The van der Waals surface area contributed by atoms with Gasteiger partial charge < -0.3 is 0 Å². The molecule has 0 heterocycles. The fraction of sp³-hybridized carbons (Fsp3) is 0.0400. The standard InChI is InChI=1S/C25H19IO4S2/c1-18-2-10-22(11-3-18)31(27,28)23-12-4-19(5-13-23)20-6-14-24(15-7-20)32(29,30)25-16-8-21(26)9-17-25/h2-17H,1H3. The van der Waals surface area contributed by atoms with Gasteiger partial charge >= 0.3 is 0 Å². The number of sulfone groups is 2. The first-order chi connectivity index (χ1) is 15.2. The molecule has 0 fully saturated rings. The number of hydrogen-bond acceptors (Lipinski definition) is 4. The summed E-state index contributed by atoms with van der Waals surface area (Å²) < 4.78 is 52.3. The van der Waals surface area contributed by atoms with E-state index in [1.165, 1.54) is 0 Å². The summed E-state index contributed by atoms with van der Waals surface area (Å²) in [5.74, 6) is 0. The van der Waals surface area contributed by atoms with Crippen LogP contribution in [0.2, 0.25) is 0 Å². The Bertz CT molecular complexity index is 1340. The van der Waals surface area contributed by atoms with Gasteiger partial charge in [0.2, 0.25) is 19.7 Å². The summed E-state index contributed by atoms with van der Waals surface area (Å²) in [6.07, 6.45) is 0. The molecule has 0 atom stereocenters. The maximum Gasteiger partial charge on any atom is 0.206 e. The van der Waals surface area contributed by atoms with E-state index in [1.54, 1.807) is 97.1 Å². The minimum absolute atomic E-state index is 0.209. The van der Waals surface area contributed by atoms with E-state index in [-0.39, 0.29) is 19.6 Å². The molecular weight excluding hydrogens is 555 g/mol. The van der Waals surface area contributed by atoms with Gasteiger partial charge in [-0.1, -0.05) is 42.0 Å². The predicted octanol–water partition coefficient (Wildman–Crippen LogP) is 5.93. The van der Waals surface area contributed by atoms with Gasteiger partial charge in [0.05, 0.1) is 19.6 Å². The Morgan fingerprint density at radius 3 is 1.09 bits per heavy atom. The van der Waals surface area contributed by atoms with E-state index < -0.39 is 19.7 Å². The molecule has 0 N–H and O–H groups in total. The van der Waals surface area contributed by atoms with Crippen LogP contribution in [-0.2, 0) is 19.7 Å². The Hall–Kier alpha value is -2.49. The molecule has 162 valence electrons. The zero-order valence-electron chi connectivity index (χ0n) is 17.1. The van der Waals surface area contributed by atoms with Crippen LogP contribution in [0.15, 0.2) is 117 Å². The lowest BCUT2D eigenvalue weighted by molar-refractivity contribution is 0.594. The van der Waals surface area contributed by atoms with Gasteiger partial charge in [-0.05, 0) is 101 Å². The van der Waals surface area contributed by atoms with E-state index in [4.69, 9.17) is 0 Å². The zero-order chi connectivity index (χ0) is 22.9. The van der Waals surface area contributed by atoms with Crippen LogP contribution in [0, 0.1) is 10.5 Å². The molecule has 0 aromatic heterocycles. The summed E-state index contributed by atoms with van der Waals surface area (Å²) in [7, 11) is -7.19. The average Bonchev–Trinajstić information content (AvgIpc) is 2.80. The molecule has 0 unspecified atom stereocenters. The second-order valence-corrected chi connectivity index (χ2v) is 12.5. The van der Waals surface area contributed by atoms with Crippen molar-refractivity contribution in [3.8, 4) is 11.1 Å². The summed E-state index contributed by atoms with van der Waals surface area (Å²) in [6, 6.07) is 26.6. The van der Waals surface area contributed by atoms with Gasteiger partial charge in [0, 0.05) is 3.57 Å². The Morgan fingerprint density at radius 2 is 0.750 bits per heavy atom. The summed E-state index contributed by atoms with van der Waals surface area (Å²) in [5, 5.41) is 0. The van der Waals surface area contributed by atoms with Gasteiger partial charge in [0.25, 0.3) is 0 Å². The fourth-order valence-corrected chi connectivity index (χ4v) is 6.14. The maximum atomic E-state index is 12.8. The van der Waals surface area contributed by atoms with E-state index in [9.17, 15) is 16.8 Å². The van der Waals surface area contributed by atoms with Crippen molar-refractivity contribution in [3.05, 3.63) is 106 Å². The molecule has 4 rings (SSSR count). The predicted molar refractivity (Wildman–Crippen MR) is 133 cm³/mol. The van der Waals surface area contributed by atoms with E-state index in [1.807, 2.05) is 6.92 Å². The third-order valence-electron chi connectivity index (χ3n) is 5.12. The van der Waals surface area contributed by atoms with Gasteiger partial charge in [0.15, 0.2) is 0 Å². The summed E-state index contributed by atoms with van der Waals surface area (Å²) in [4.78, 5) is 0.918. The highest BCUT2D eigenvalue weighted by Crippen LogP contribution is 2.28. The van der Waals surface area contributed by atoms with Crippen molar-refractivity contribution < 1.29 is 16.8 Å². The highest BCUT2D eigenvalue weighted by atomic mass is 127. The number of hydrogen-bond donors (Lipinski definition) is 0. The SMILES string of the molecule is Cc1ccc(S(=O)(=O)c2ccc(-c3ccc(S(=O)(=O)c4ccc(I)cc4)cc3)cc2)cc1. The largest absolute Gasteiger partial charge is 0.219 e. The molecule has 0 saturated heterocycles. The van der Waals surface area contributed by atoms with Crippen molar-refractivity contribution >= 4 is 42.3 Å². The first-order valence-electron chi connectivity index (χ1n) is 9.71. The highest BCUT2D eigenvalue weighted by molar-refractivity contribution is 14.1. The van der Waals surface area contributed by atoms with Crippen LogP contribution >= 0.6 is 22.6 Å². The van der Waals surface area contributed by atoms with E-state index in [2.05, 4.69) is 22.6 Å². The van der Waals surface area contributed by atoms with Gasteiger partial charge in [-0.2, -0.15) is 0 Å². The fourth-order valence-electron chi connectivity index (χ4n) is 3.26. The molecule has 0 aliphatic rings. The molecule has 4 aromatic carbocycles. The minimum atomic E-state index is -3.60. The number of halogens is 1. The van der Waals surface area contributed by atoms with Crippen LogP contribution < -0.4 is 0 Å². The third kappa shape index (κ3) is 4.51. The Labute approximate surface area is 201 Å². The quantitative estimate of drug-likeness (QED) is 0.277. The summed E-state index contributed by atoms with van der Waals surface area (Å²) in [6.45, 7) is 1.90. The molecule has 0 aliphatic heterocycles. The van der Waals surface area contributed by atoms with E-state index >= 15 is 0 Å². The molecule has 4 aromatic rings. The van der Waals surface area contributed by atoms with Crippen molar-refractivity contribution in [1.29, 1.82) is 0 Å². The van der Waals surface area contributed by atoms with Crippen LogP contribution in [0.5, 0.6) is 0 Å². The van der Waals surface area contributed by atoms with Crippen LogP contribution in [0.25, 0.3) is 11.1 Å². The second-order valence-electron chi connectivity index (χ2n) is 7.32. The van der Waals surface area contributed by atoms with Crippen molar-refractivity contribution in [1.82, 2.24) is 0 Å². The van der Waals surface area contributed by atoms with Crippen LogP contribution in [-0.4, -0.2) is 16.8 Å². The molecule has 0 amide bonds. The third-order valence-corrected chi connectivity index (χ3v) is 9.41. The maximum absolute atomic E-state index is 12.8. The van der Waals surface area contributed by atoms with Crippen LogP contribution in [0.4, 0.5) is 0 Å². The smallest absolute Gasteiger partial charge is 0.206 e. The Morgan fingerprint density at radius 1 is 0.469 bits per heavy atom. The van der Waals surface area contributed by atoms with Gasteiger partial charge in [0.1, 0.15) is 0 Å². The second kappa shape index (κ2) is 8.80. The molecular formula is C25H19IO4S2. The van der Waals surface area contributed by atoms with Crippen molar-refractivity contribution in [2.75, 3.05) is 0 Å². The topological polar surface area (TPSA) is 68.3 Å². The van der Waals surface area contributed by atoms with Gasteiger partial charge in [-0.15, -0.1) is 0 Å². The number of rotatable bonds is 5. The summed E-state index contributed by atoms with van der Waals surface area (Å²) >= 11 is 2.13. The van der Waals surface area contributed by atoms with Gasteiger partial charge in [-0.3, -0.25) is 0 Å². The van der Waals surface area contributed by atoms with E-state index in [0.717, 1.165) is 20.3 Å². The monoisotopic (exact) mass is 574 g/mol. The molecule has 0 saturated carbocycles. The Balaban J connectivity index is 1.60. The van der Waals surface area contributed by atoms with Crippen LogP contribution in [0.1, 0.15) is 5.56 Å². The Kier molecular flexibility index (Phi) is 6.24. The molecule has 7 heteroatoms. The number of benzene rings is 4. The molecule has 0 aliphatic carbocycles.